The van der Waals surface area contributed by atoms with Crippen LogP contribution in [0.4, 0.5) is 0 Å². The molecule has 0 saturated carbocycles. The third kappa shape index (κ3) is 27.9. The van der Waals surface area contributed by atoms with Crippen LogP contribution in [0.15, 0.2) is 0 Å². The lowest BCUT2D eigenvalue weighted by molar-refractivity contribution is -0.906. The van der Waals surface area contributed by atoms with Crippen molar-refractivity contribution < 1.29 is 31.4 Å². The van der Waals surface area contributed by atoms with Crippen molar-refractivity contribution in [1.29, 1.82) is 0 Å². The Labute approximate surface area is 580 Å². The topological polar surface area (TPSA) is 22.7 Å². The van der Waals surface area contributed by atoms with Gasteiger partial charge in [-0.05, 0) is 184 Å². The summed E-state index contributed by atoms with van der Waals surface area (Å²) in [5.74, 6) is 0. The van der Waals surface area contributed by atoms with Gasteiger partial charge in [-0.3, -0.25) is 0 Å². The average molecular weight is 1310 g/mol. The summed E-state index contributed by atoms with van der Waals surface area (Å²) in [7, 11) is 32.7. The number of likely N-dealkylation sites (N-methyl/N-ethyl adjacent to an activating group) is 7. The molecule has 552 valence electrons. The van der Waals surface area contributed by atoms with Crippen molar-refractivity contribution in [2.45, 2.75) is 326 Å². The molecular formula is C78H177N14+7. The van der Waals surface area contributed by atoms with Crippen molar-refractivity contribution in [3.8, 4) is 0 Å². The van der Waals surface area contributed by atoms with E-state index >= 15 is 0 Å². The predicted octanol–water partition coefficient (Wildman–Crippen LogP) is 13.8. The van der Waals surface area contributed by atoms with Crippen LogP contribution in [0.5, 0.6) is 0 Å². The van der Waals surface area contributed by atoms with Gasteiger partial charge in [0, 0.05) is 45.2 Å². The Morgan fingerprint density at radius 3 is 0.891 bits per heavy atom. The molecule has 14 nitrogen and oxygen atoms in total. The highest BCUT2D eigenvalue weighted by molar-refractivity contribution is 4.89. The molecule has 7 saturated heterocycles. The minimum atomic E-state index is 0.325. The predicted molar refractivity (Wildman–Crippen MR) is 407 cm³/mol. The van der Waals surface area contributed by atoms with Gasteiger partial charge in [0.2, 0.25) is 0 Å². The number of hydrogen-bond acceptors (Lipinski definition) is 7. The zero-order valence-corrected chi connectivity index (χ0v) is 71.4. The van der Waals surface area contributed by atoms with Gasteiger partial charge in [0.05, 0.1) is 175 Å². The summed E-state index contributed by atoms with van der Waals surface area (Å²) < 4.78 is 8.06. The molecule has 0 spiro atoms. The maximum absolute atomic E-state index is 2.68. The first kappa shape index (κ1) is 89.5. The van der Waals surface area contributed by atoms with Crippen LogP contribution in [-0.2, 0) is 0 Å². The summed E-state index contributed by atoms with van der Waals surface area (Å²) in [5, 5.41) is 0. The van der Waals surface area contributed by atoms with Crippen LogP contribution < -0.4 is 0 Å². The van der Waals surface area contributed by atoms with Crippen molar-refractivity contribution in [3.63, 3.8) is 0 Å². The van der Waals surface area contributed by atoms with Crippen LogP contribution >= 0.6 is 0 Å². The first-order valence-electron chi connectivity index (χ1n) is 37.9. The van der Waals surface area contributed by atoms with Gasteiger partial charge in [0.25, 0.3) is 0 Å². The lowest BCUT2D eigenvalue weighted by Gasteiger charge is -2.36. The molecule has 0 aromatic heterocycles. The summed E-state index contributed by atoms with van der Waals surface area (Å²) in [6.07, 6.45) is 10.4. The molecule has 0 N–H and O–H groups in total. The lowest BCUT2D eigenvalue weighted by atomic mass is 9.98. The maximum atomic E-state index is 2.68. The van der Waals surface area contributed by atoms with Crippen LogP contribution in [0.1, 0.15) is 245 Å². The van der Waals surface area contributed by atoms with E-state index in [1.165, 1.54) is 148 Å². The normalized spacial score (nSPS) is 29.3. The highest BCUT2D eigenvalue weighted by Crippen LogP contribution is 2.34. The van der Waals surface area contributed by atoms with E-state index in [1.54, 1.807) is 0 Å². The Kier molecular flexibility index (Phi) is 32.4. The van der Waals surface area contributed by atoms with Crippen molar-refractivity contribution >= 4 is 0 Å². The molecule has 0 aromatic rings. The Hall–Kier alpha value is -0.560. The molecule has 7 heterocycles. The molecule has 14 heteroatoms. The van der Waals surface area contributed by atoms with Crippen LogP contribution in [0.2, 0.25) is 0 Å². The van der Waals surface area contributed by atoms with E-state index in [9.17, 15) is 0 Å². The van der Waals surface area contributed by atoms with Gasteiger partial charge in [-0.2, -0.15) is 0 Å². The lowest BCUT2D eigenvalue weighted by Crippen LogP contribution is -2.47. The highest BCUT2D eigenvalue weighted by Gasteiger charge is 2.48. The van der Waals surface area contributed by atoms with E-state index in [0.717, 1.165) is 69.2 Å². The van der Waals surface area contributed by atoms with Crippen molar-refractivity contribution in [2.24, 2.45) is 0 Å². The molecule has 7 fully saturated rings. The zero-order valence-electron chi connectivity index (χ0n) is 71.4. The standard InChI is InChI=1S/2C12H27N2.4C11H25N2.C10H23N2/c1-7-8-11-9-14(5,6)10-13(11)12(2,3)4;1-7-8-11-9-13(12(2,3)4)10-14(11,5)6;1-7-10-8-13(5,6)9-12(10)11(2,3)4;1-7-10-8-12(11(2,3)4)9-13(10,5)6;1-7-11(3,4)12-9-13(5,6)8-10(12)2;1-7-11(3,4)12-8-10(2)13(5,6)9-12;1-9-7-12(5,6)8-11(9)10(2,3)4/h2*11H,7-10H2,1-6H3;4*10H,7-9H2,1-6H3;9H,7-8H2,1-6H3/q7*+1. The Bertz CT molecular complexity index is 2100. The Balaban J connectivity index is 0.000000537. The fourth-order valence-electron chi connectivity index (χ4n) is 16.1. The molecule has 0 amide bonds. The third-order valence-electron chi connectivity index (χ3n) is 23.2. The summed E-state index contributed by atoms with van der Waals surface area (Å²) >= 11 is 0. The van der Waals surface area contributed by atoms with Crippen molar-refractivity contribution in [1.82, 2.24) is 34.3 Å². The first-order chi connectivity index (χ1) is 40.9. The number of nitrogens with zero attached hydrogens (tertiary/aromatic N) is 14. The Morgan fingerprint density at radius 1 is 0.304 bits per heavy atom. The second kappa shape index (κ2) is 33.3. The second-order valence-corrected chi connectivity index (χ2v) is 41.6. The highest BCUT2D eigenvalue weighted by atomic mass is 15.6. The second-order valence-electron chi connectivity index (χ2n) is 41.6. The van der Waals surface area contributed by atoms with Crippen LogP contribution in [0.25, 0.3) is 0 Å². The van der Waals surface area contributed by atoms with Gasteiger partial charge in [-0.15, -0.1) is 0 Å². The molecule has 0 bridgehead atoms. The van der Waals surface area contributed by atoms with Crippen LogP contribution in [0, 0.1) is 0 Å². The fraction of sp³-hybridized carbons (Fsp3) is 1.00. The van der Waals surface area contributed by atoms with Gasteiger partial charge in [-0.1, -0.05) is 54.4 Å². The van der Waals surface area contributed by atoms with Gasteiger partial charge in [0.15, 0.2) is 0 Å². The molecule has 7 rings (SSSR count). The molecule has 7 aliphatic rings. The van der Waals surface area contributed by atoms with Crippen molar-refractivity contribution in [2.75, 3.05) is 191 Å². The van der Waals surface area contributed by atoms with E-state index in [4.69, 9.17) is 0 Å². The molecule has 0 aliphatic carbocycles. The van der Waals surface area contributed by atoms with Crippen LogP contribution in [0.3, 0.4) is 0 Å². The third-order valence-corrected chi connectivity index (χ3v) is 23.2. The minimum Gasteiger partial charge on any atom is -0.315 e. The van der Waals surface area contributed by atoms with Gasteiger partial charge in [0.1, 0.15) is 58.8 Å². The fourth-order valence-corrected chi connectivity index (χ4v) is 16.1. The van der Waals surface area contributed by atoms with E-state index in [-0.39, 0.29) is 0 Å². The van der Waals surface area contributed by atoms with E-state index in [2.05, 4.69) is 327 Å². The number of hydrogen-bond donors (Lipinski definition) is 0. The molecule has 92 heavy (non-hydrogen) atoms. The minimum absolute atomic E-state index is 0.325. The number of quaternary nitrogens is 7. The molecule has 7 atom stereocenters. The molecule has 0 aromatic carbocycles. The van der Waals surface area contributed by atoms with E-state index in [1.807, 2.05) is 0 Å². The molecule has 7 unspecified atom stereocenters. The maximum Gasteiger partial charge on any atom is 0.135 e. The smallest absolute Gasteiger partial charge is 0.135 e. The molecule has 0 radical (unpaired) electrons. The SMILES string of the molecule is CC1C[N+](C)(C)CN1C(C)(C)C.CCC(C)(C)N1CC(C)[N+](C)(C)C1.CCC(C)(C)N1C[N+](C)(C)CC1C.CCC1CN(C(C)(C)C)C[N+]1(C)C.CCC1C[N+](C)(C)CN1C(C)(C)C.CCCC1CN(C(C)(C)C)C[N+]1(C)C.CCCC1C[N+](C)(C)CN1C(C)(C)C. The van der Waals surface area contributed by atoms with E-state index < -0.39 is 0 Å². The summed E-state index contributed by atoms with van der Waals surface area (Å²) in [6.45, 7) is 82.3. The number of rotatable bonds is 10. The summed E-state index contributed by atoms with van der Waals surface area (Å²) in [5.41, 5.74) is 2.38. The van der Waals surface area contributed by atoms with Gasteiger partial charge in [-0.25, -0.2) is 34.3 Å². The Morgan fingerprint density at radius 2 is 0.630 bits per heavy atom. The zero-order chi connectivity index (χ0) is 72.6. The molecule has 7 aliphatic heterocycles. The molecular weight excluding hydrogens is 1130 g/mol. The average Bonchev–Trinajstić information content (AvgIpc) is 1.77. The summed E-state index contributed by atoms with van der Waals surface area (Å²) in [4.78, 5) is 18.4. The van der Waals surface area contributed by atoms with E-state index in [0.29, 0.717) is 38.8 Å². The van der Waals surface area contributed by atoms with Crippen molar-refractivity contribution in [3.05, 3.63) is 0 Å². The largest absolute Gasteiger partial charge is 0.315 e. The van der Waals surface area contributed by atoms with Crippen LogP contribution in [-0.4, -0.2) is 338 Å². The quantitative estimate of drug-likeness (QED) is 0.201. The monoisotopic (exact) mass is 1310 g/mol. The first-order valence-corrected chi connectivity index (χ1v) is 37.9. The van der Waals surface area contributed by atoms with Gasteiger partial charge >= 0.3 is 0 Å². The summed E-state index contributed by atoms with van der Waals surface area (Å²) in [6, 6.07) is 5.43. The van der Waals surface area contributed by atoms with Gasteiger partial charge < -0.3 is 31.4 Å².